The number of ether oxygens (including phenoxy) is 1. The van der Waals surface area contributed by atoms with Crippen molar-refractivity contribution in [3.05, 3.63) is 0 Å². The van der Waals surface area contributed by atoms with Crippen molar-refractivity contribution in [2.75, 3.05) is 53.5 Å². The summed E-state index contributed by atoms with van der Waals surface area (Å²) in [5.74, 6) is 0.958. The van der Waals surface area contributed by atoms with E-state index in [2.05, 4.69) is 36.4 Å². The van der Waals surface area contributed by atoms with Crippen LogP contribution in [0.25, 0.3) is 0 Å². The van der Waals surface area contributed by atoms with Crippen LogP contribution in [0.15, 0.2) is 4.99 Å². The van der Waals surface area contributed by atoms with Gasteiger partial charge in [0, 0.05) is 39.9 Å². The molecule has 5 heteroatoms. The molecule has 1 saturated carbocycles. The zero-order valence-corrected chi connectivity index (χ0v) is 15.8. The third kappa shape index (κ3) is 8.02. The van der Waals surface area contributed by atoms with E-state index in [1.165, 1.54) is 38.6 Å². The normalized spacial score (nSPS) is 17.2. The number of nitrogens with zero attached hydrogens (tertiary/aromatic N) is 2. The van der Waals surface area contributed by atoms with Crippen LogP contribution in [0.3, 0.4) is 0 Å². The molecule has 0 spiro atoms. The molecule has 0 aromatic carbocycles. The summed E-state index contributed by atoms with van der Waals surface area (Å²) in [7, 11) is 3.98. The Morgan fingerprint density at radius 2 is 2.00 bits per heavy atom. The van der Waals surface area contributed by atoms with Crippen molar-refractivity contribution < 1.29 is 4.74 Å². The molecule has 0 aromatic heterocycles. The number of unbranched alkanes of at least 4 members (excludes halogenated alkanes) is 1. The van der Waals surface area contributed by atoms with Crippen molar-refractivity contribution in [3.63, 3.8) is 0 Å². The lowest BCUT2D eigenvalue weighted by Gasteiger charge is -2.40. The van der Waals surface area contributed by atoms with E-state index in [-0.39, 0.29) is 0 Å². The van der Waals surface area contributed by atoms with Gasteiger partial charge < -0.3 is 20.3 Å². The first-order valence-electron chi connectivity index (χ1n) is 9.35. The number of hydrogen-bond donors (Lipinski definition) is 2. The number of likely N-dealkylation sites (N-methyl/N-ethyl adjacent to an activating group) is 1. The molecule has 1 aliphatic rings. The maximum absolute atomic E-state index is 5.27. The maximum Gasteiger partial charge on any atom is 0.191 e. The van der Waals surface area contributed by atoms with Crippen LogP contribution >= 0.6 is 0 Å². The Hall–Kier alpha value is -0.810. The molecule has 0 atom stereocenters. The summed E-state index contributed by atoms with van der Waals surface area (Å²) in [4.78, 5) is 7.22. The van der Waals surface area contributed by atoms with E-state index in [9.17, 15) is 0 Å². The predicted molar refractivity (Wildman–Crippen MR) is 99.2 cm³/mol. The summed E-state index contributed by atoms with van der Waals surface area (Å²) in [6.45, 7) is 10.2. The molecular formula is C18H38N4O. The molecule has 0 aliphatic heterocycles. The molecule has 0 heterocycles. The molecule has 0 bridgehead atoms. The summed E-state index contributed by atoms with van der Waals surface area (Å²) in [6, 6.07) is 0. The first kappa shape index (κ1) is 20.2. The summed E-state index contributed by atoms with van der Waals surface area (Å²) in [6.07, 6.45) is 7.58. The molecule has 1 aliphatic carbocycles. The molecule has 0 saturated heterocycles. The summed E-state index contributed by atoms with van der Waals surface area (Å²) in [5.41, 5.74) is 0.385. The van der Waals surface area contributed by atoms with Gasteiger partial charge in [-0.2, -0.15) is 0 Å². The molecule has 1 fully saturated rings. The van der Waals surface area contributed by atoms with Crippen molar-refractivity contribution in [2.24, 2.45) is 10.4 Å². The Bertz CT molecular complexity index is 329. The van der Waals surface area contributed by atoms with Gasteiger partial charge in [-0.15, -0.1) is 0 Å². The summed E-state index contributed by atoms with van der Waals surface area (Å²) >= 11 is 0. The largest absolute Gasteiger partial charge is 0.385 e. The second-order valence-electron chi connectivity index (χ2n) is 6.88. The van der Waals surface area contributed by atoms with Crippen LogP contribution in [0.1, 0.15) is 52.4 Å². The lowest BCUT2D eigenvalue weighted by molar-refractivity contribution is 0.0778. The minimum Gasteiger partial charge on any atom is -0.385 e. The summed E-state index contributed by atoms with van der Waals surface area (Å²) in [5, 5.41) is 6.84. The van der Waals surface area contributed by atoms with Crippen LogP contribution in [-0.2, 0) is 4.74 Å². The molecule has 0 aromatic rings. The lowest BCUT2D eigenvalue weighted by Crippen LogP contribution is -2.42. The Morgan fingerprint density at radius 1 is 1.22 bits per heavy atom. The molecule has 23 heavy (non-hydrogen) atoms. The number of aliphatic imine (C=N–C) groups is 1. The molecule has 0 unspecified atom stereocenters. The van der Waals surface area contributed by atoms with Gasteiger partial charge in [-0.05, 0) is 51.6 Å². The highest BCUT2D eigenvalue weighted by Gasteiger charge is 2.36. The lowest BCUT2D eigenvalue weighted by atomic mass is 9.67. The van der Waals surface area contributed by atoms with Gasteiger partial charge in [0.15, 0.2) is 5.96 Å². The third-order valence-corrected chi connectivity index (χ3v) is 4.85. The molecule has 2 N–H and O–H groups in total. The van der Waals surface area contributed by atoms with Crippen LogP contribution in [-0.4, -0.2) is 64.3 Å². The number of methoxy groups -OCH3 is 1. The smallest absolute Gasteiger partial charge is 0.191 e. The Morgan fingerprint density at radius 3 is 2.57 bits per heavy atom. The number of guanidine groups is 1. The quantitative estimate of drug-likeness (QED) is 0.427. The summed E-state index contributed by atoms with van der Waals surface area (Å²) < 4.78 is 5.27. The highest BCUT2D eigenvalue weighted by Crippen LogP contribution is 2.44. The number of hydrogen-bond acceptors (Lipinski definition) is 3. The average Bonchev–Trinajstić information content (AvgIpc) is 2.51. The zero-order chi connectivity index (χ0) is 17.0. The molecule has 0 radical (unpaired) electrons. The molecule has 0 amide bonds. The van der Waals surface area contributed by atoms with Crippen LogP contribution in [0.5, 0.6) is 0 Å². The van der Waals surface area contributed by atoms with E-state index in [1.54, 1.807) is 7.11 Å². The number of rotatable bonds is 12. The van der Waals surface area contributed by atoms with Crippen LogP contribution in [0.4, 0.5) is 0 Å². The SMILES string of the molecule is CCCCN(C)CCNC(=NCC1(CCOC)CCC1)NCC. The van der Waals surface area contributed by atoms with Crippen molar-refractivity contribution >= 4 is 5.96 Å². The first-order chi connectivity index (χ1) is 11.2. The van der Waals surface area contributed by atoms with Crippen molar-refractivity contribution in [1.82, 2.24) is 15.5 Å². The van der Waals surface area contributed by atoms with E-state index in [0.29, 0.717) is 5.41 Å². The van der Waals surface area contributed by atoms with Gasteiger partial charge in [-0.25, -0.2) is 0 Å². The fourth-order valence-corrected chi connectivity index (χ4v) is 2.98. The highest BCUT2D eigenvalue weighted by atomic mass is 16.5. The van der Waals surface area contributed by atoms with E-state index >= 15 is 0 Å². The van der Waals surface area contributed by atoms with Gasteiger partial charge >= 0.3 is 0 Å². The third-order valence-electron chi connectivity index (χ3n) is 4.85. The zero-order valence-electron chi connectivity index (χ0n) is 15.8. The van der Waals surface area contributed by atoms with Crippen LogP contribution < -0.4 is 10.6 Å². The topological polar surface area (TPSA) is 48.9 Å². The van der Waals surface area contributed by atoms with Gasteiger partial charge in [0.25, 0.3) is 0 Å². The van der Waals surface area contributed by atoms with Gasteiger partial charge in [-0.3, -0.25) is 4.99 Å². The second kappa shape index (κ2) is 11.7. The Labute approximate surface area is 143 Å². The van der Waals surface area contributed by atoms with Crippen LogP contribution in [0.2, 0.25) is 0 Å². The van der Waals surface area contributed by atoms with Crippen molar-refractivity contribution in [3.8, 4) is 0 Å². The Balaban J connectivity index is 2.37. The van der Waals surface area contributed by atoms with Crippen LogP contribution in [0, 0.1) is 5.41 Å². The van der Waals surface area contributed by atoms with Crippen molar-refractivity contribution in [1.29, 1.82) is 0 Å². The highest BCUT2D eigenvalue weighted by molar-refractivity contribution is 5.79. The van der Waals surface area contributed by atoms with Gasteiger partial charge in [0.1, 0.15) is 0 Å². The Kier molecular flexibility index (Phi) is 10.3. The molecular weight excluding hydrogens is 288 g/mol. The molecule has 136 valence electrons. The molecule has 1 rings (SSSR count). The fourth-order valence-electron chi connectivity index (χ4n) is 2.98. The minimum atomic E-state index is 0.385. The minimum absolute atomic E-state index is 0.385. The second-order valence-corrected chi connectivity index (χ2v) is 6.88. The van der Waals surface area contributed by atoms with E-state index in [4.69, 9.17) is 9.73 Å². The predicted octanol–water partition coefficient (Wildman–Crippen LogP) is 2.48. The van der Waals surface area contributed by atoms with Crippen molar-refractivity contribution in [2.45, 2.75) is 52.4 Å². The van der Waals surface area contributed by atoms with E-state index in [1.807, 2.05) is 0 Å². The first-order valence-corrected chi connectivity index (χ1v) is 9.35. The maximum atomic E-state index is 5.27. The number of nitrogens with one attached hydrogen (secondary N) is 2. The van der Waals surface area contributed by atoms with Gasteiger partial charge in [0.05, 0.1) is 0 Å². The van der Waals surface area contributed by atoms with E-state index in [0.717, 1.165) is 45.2 Å². The van der Waals surface area contributed by atoms with Gasteiger partial charge in [-0.1, -0.05) is 19.8 Å². The molecule has 5 nitrogen and oxygen atoms in total. The average molecular weight is 327 g/mol. The van der Waals surface area contributed by atoms with Gasteiger partial charge in [0.2, 0.25) is 0 Å². The van der Waals surface area contributed by atoms with E-state index < -0.39 is 0 Å². The monoisotopic (exact) mass is 326 g/mol. The standard InChI is InChI=1S/C18H38N4O/c1-5-7-13-22(3)14-12-20-17(19-6-2)21-16-18(9-8-10-18)11-15-23-4/h5-16H2,1-4H3,(H2,19,20,21). The fraction of sp³-hybridized carbons (Fsp3) is 0.944.